The third-order valence-electron chi connectivity index (χ3n) is 5.91. The Kier molecular flexibility index (Phi) is 11.4. The molecule has 210 valence electrons. The summed E-state index contributed by atoms with van der Waals surface area (Å²) in [4.78, 5) is 62.0. The number of aromatic hydroxyl groups is 1. The van der Waals surface area contributed by atoms with Gasteiger partial charge in [-0.15, -0.1) is 0 Å². The van der Waals surface area contributed by atoms with Gasteiger partial charge in [-0.05, 0) is 29.2 Å². The standard InChI is InChI=1S/C27H35N5O7/c1-15(2)23(32-24(35)19(28)14-22(29)34)26(37)30-20(12-16-6-4-3-5-7-16)25(36)31-21(27(38)39)13-17-8-10-18(33)11-9-17/h3-11,15,19-21,23,33H,12-14,28H2,1-2H3,(H2,29,34)(H,30,37)(H,31,36)(H,32,35)(H,38,39). The highest BCUT2D eigenvalue weighted by Crippen LogP contribution is 2.12. The highest BCUT2D eigenvalue weighted by Gasteiger charge is 2.32. The van der Waals surface area contributed by atoms with E-state index in [9.17, 15) is 34.2 Å². The molecule has 2 aromatic carbocycles. The Morgan fingerprint density at radius 2 is 1.31 bits per heavy atom. The topological polar surface area (TPSA) is 214 Å². The molecule has 0 aliphatic carbocycles. The fraction of sp³-hybridized carbons (Fsp3) is 0.370. The van der Waals surface area contributed by atoms with Gasteiger partial charge in [-0.25, -0.2) is 4.79 Å². The molecule has 0 aromatic heterocycles. The summed E-state index contributed by atoms with van der Waals surface area (Å²) in [5, 5.41) is 26.8. The van der Waals surface area contributed by atoms with Gasteiger partial charge in [-0.1, -0.05) is 56.3 Å². The third kappa shape index (κ3) is 10.1. The van der Waals surface area contributed by atoms with Gasteiger partial charge in [0.15, 0.2) is 0 Å². The van der Waals surface area contributed by atoms with Gasteiger partial charge in [0.05, 0.1) is 12.5 Å². The molecule has 0 bridgehead atoms. The van der Waals surface area contributed by atoms with Crippen molar-refractivity contribution in [3.63, 3.8) is 0 Å². The van der Waals surface area contributed by atoms with E-state index in [1.807, 2.05) is 0 Å². The Bertz CT molecular complexity index is 1150. The number of hydrogen-bond donors (Lipinski definition) is 7. The number of carboxylic acids is 1. The second-order valence-electron chi connectivity index (χ2n) is 9.53. The van der Waals surface area contributed by atoms with Crippen LogP contribution in [-0.2, 0) is 36.8 Å². The van der Waals surface area contributed by atoms with Gasteiger partial charge in [-0.3, -0.25) is 19.2 Å². The molecule has 2 rings (SSSR count). The second-order valence-corrected chi connectivity index (χ2v) is 9.53. The average Bonchev–Trinajstić information content (AvgIpc) is 2.87. The van der Waals surface area contributed by atoms with Crippen LogP contribution in [0, 0.1) is 5.92 Å². The van der Waals surface area contributed by atoms with Crippen LogP contribution in [0.3, 0.4) is 0 Å². The van der Waals surface area contributed by atoms with Crippen LogP contribution in [0.4, 0.5) is 0 Å². The van der Waals surface area contributed by atoms with Crippen LogP contribution in [0.15, 0.2) is 54.6 Å². The molecule has 0 saturated carbocycles. The number of carbonyl (C=O) groups is 5. The zero-order valence-electron chi connectivity index (χ0n) is 21.8. The molecule has 4 unspecified atom stereocenters. The van der Waals surface area contributed by atoms with Crippen LogP contribution >= 0.6 is 0 Å². The normalized spacial score (nSPS) is 13.9. The number of hydrogen-bond acceptors (Lipinski definition) is 7. The van der Waals surface area contributed by atoms with Crippen molar-refractivity contribution in [2.75, 3.05) is 0 Å². The zero-order valence-corrected chi connectivity index (χ0v) is 21.8. The van der Waals surface area contributed by atoms with Gasteiger partial charge in [0, 0.05) is 12.8 Å². The SMILES string of the molecule is CC(C)C(NC(=O)C(N)CC(N)=O)C(=O)NC(Cc1ccccc1)C(=O)NC(Cc1ccc(O)cc1)C(=O)O. The molecule has 0 saturated heterocycles. The first-order chi connectivity index (χ1) is 18.4. The predicted octanol–water partition coefficient (Wildman–Crippen LogP) is -0.425. The highest BCUT2D eigenvalue weighted by molar-refractivity contribution is 5.95. The van der Waals surface area contributed by atoms with Crippen molar-refractivity contribution in [1.82, 2.24) is 16.0 Å². The van der Waals surface area contributed by atoms with Crippen molar-refractivity contribution >= 4 is 29.6 Å². The van der Waals surface area contributed by atoms with Gasteiger partial charge in [-0.2, -0.15) is 0 Å². The predicted molar refractivity (Wildman–Crippen MR) is 142 cm³/mol. The van der Waals surface area contributed by atoms with E-state index >= 15 is 0 Å². The van der Waals surface area contributed by atoms with E-state index in [2.05, 4.69) is 16.0 Å². The maximum Gasteiger partial charge on any atom is 0.326 e. The van der Waals surface area contributed by atoms with Crippen LogP contribution in [0.1, 0.15) is 31.4 Å². The lowest BCUT2D eigenvalue weighted by molar-refractivity contribution is -0.142. The molecule has 2 aromatic rings. The Morgan fingerprint density at radius 3 is 1.85 bits per heavy atom. The Balaban J connectivity index is 2.23. The minimum atomic E-state index is -1.32. The summed E-state index contributed by atoms with van der Waals surface area (Å²) in [7, 11) is 0. The first-order valence-electron chi connectivity index (χ1n) is 12.4. The van der Waals surface area contributed by atoms with E-state index < -0.39 is 66.1 Å². The molecular formula is C27H35N5O7. The lowest BCUT2D eigenvalue weighted by Gasteiger charge is -2.27. The summed E-state index contributed by atoms with van der Waals surface area (Å²) in [5.74, 6) is -4.64. The number of nitrogens with two attached hydrogens (primary N) is 2. The summed E-state index contributed by atoms with van der Waals surface area (Å²) in [6, 6.07) is 9.85. The average molecular weight is 542 g/mol. The number of aliphatic carboxylic acids is 1. The van der Waals surface area contributed by atoms with Gasteiger partial charge >= 0.3 is 5.97 Å². The second kappa shape index (κ2) is 14.5. The monoisotopic (exact) mass is 541 g/mol. The molecule has 0 fully saturated rings. The zero-order chi connectivity index (χ0) is 29.1. The summed E-state index contributed by atoms with van der Waals surface area (Å²) in [6.45, 7) is 3.35. The van der Waals surface area contributed by atoms with Crippen molar-refractivity contribution in [2.24, 2.45) is 17.4 Å². The molecule has 0 spiro atoms. The largest absolute Gasteiger partial charge is 0.508 e. The van der Waals surface area contributed by atoms with E-state index in [1.54, 1.807) is 56.3 Å². The molecule has 12 heteroatoms. The number of amides is 4. The molecule has 4 amide bonds. The molecule has 12 nitrogen and oxygen atoms in total. The van der Waals surface area contributed by atoms with Gasteiger partial charge in [0.1, 0.15) is 23.9 Å². The maximum absolute atomic E-state index is 13.3. The van der Waals surface area contributed by atoms with Crippen molar-refractivity contribution in [3.05, 3.63) is 65.7 Å². The van der Waals surface area contributed by atoms with E-state index in [4.69, 9.17) is 11.5 Å². The quantitative estimate of drug-likeness (QED) is 0.166. The number of carboxylic acid groups (broad SMARTS) is 1. The summed E-state index contributed by atoms with van der Waals surface area (Å²) in [6.07, 6.45) is -0.422. The van der Waals surface area contributed by atoms with Gasteiger partial charge < -0.3 is 37.6 Å². The molecule has 39 heavy (non-hydrogen) atoms. The highest BCUT2D eigenvalue weighted by atomic mass is 16.4. The number of rotatable bonds is 14. The number of carbonyl (C=O) groups excluding carboxylic acids is 4. The van der Waals surface area contributed by atoms with Crippen LogP contribution in [0.5, 0.6) is 5.75 Å². The molecule has 0 radical (unpaired) electrons. The van der Waals surface area contributed by atoms with E-state index in [0.717, 1.165) is 0 Å². The Morgan fingerprint density at radius 1 is 0.769 bits per heavy atom. The van der Waals surface area contributed by atoms with Gasteiger partial charge in [0.2, 0.25) is 23.6 Å². The molecular weight excluding hydrogens is 506 g/mol. The molecule has 0 aliphatic heterocycles. The number of nitrogens with one attached hydrogen (secondary N) is 3. The first-order valence-corrected chi connectivity index (χ1v) is 12.4. The third-order valence-corrected chi connectivity index (χ3v) is 5.91. The van der Waals surface area contributed by atoms with Crippen molar-refractivity contribution in [3.8, 4) is 5.75 Å². The van der Waals surface area contributed by atoms with Crippen LogP contribution in [-0.4, -0.2) is 64.0 Å². The molecule has 0 aliphatic rings. The Hall–Kier alpha value is -4.45. The lowest BCUT2D eigenvalue weighted by atomic mass is 9.99. The number of benzene rings is 2. The summed E-state index contributed by atoms with van der Waals surface area (Å²) in [5.41, 5.74) is 12.1. The van der Waals surface area contributed by atoms with E-state index in [-0.39, 0.29) is 18.6 Å². The van der Waals surface area contributed by atoms with Crippen LogP contribution in [0.2, 0.25) is 0 Å². The van der Waals surface area contributed by atoms with E-state index in [0.29, 0.717) is 11.1 Å². The number of primary amides is 1. The smallest absolute Gasteiger partial charge is 0.326 e. The minimum absolute atomic E-state index is 0.0164. The number of phenols is 1. The van der Waals surface area contributed by atoms with Crippen LogP contribution < -0.4 is 27.4 Å². The first kappa shape index (κ1) is 30.8. The van der Waals surface area contributed by atoms with E-state index in [1.165, 1.54) is 12.1 Å². The maximum atomic E-state index is 13.3. The number of phenolic OH excluding ortho intramolecular Hbond substituents is 1. The molecule has 4 atom stereocenters. The summed E-state index contributed by atoms with van der Waals surface area (Å²) < 4.78 is 0. The minimum Gasteiger partial charge on any atom is -0.508 e. The Labute approximate surface area is 226 Å². The van der Waals surface area contributed by atoms with Gasteiger partial charge in [0.25, 0.3) is 0 Å². The van der Waals surface area contributed by atoms with Crippen molar-refractivity contribution < 1.29 is 34.2 Å². The molecule has 0 heterocycles. The molecule has 9 N–H and O–H groups in total. The fourth-order valence-corrected chi connectivity index (χ4v) is 3.77. The fourth-order valence-electron chi connectivity index (χ4n) is 3.77. The van der Waals surface area contributed by atoms with Crippen molar-refractivity contribution in [2.45, 2.75) is 57.3 Å². The van der Waals surface area contributed by atoms with Crippen LogP contribution in [0.25, 0.3) is 0 Å². The van der Waals surface area contributed by atoms with Crippen molar-refractivity contribution in [1.29, 1.82) is 0 Å². The summed E-state index contributed by atoms with van der Waals surface area (Å²) >= 11 is 0. The lowest BCUT2D eigenvalue weighted by Crippen LogP contribution is -2.59.